The van der Waals surface area contributed by atoms with Gasteiger partial charge < -0.3 is 5.11 Å². The van der Waals surface area contributed by atoms with Gasteiger partial charge in [-0.2, -0.15) is 0 Å². The second-order valence-corrected chi connectivity index (χ2v) is 8.58. The van der Waals surface area contributed by atoms with Crippen LogP contribution in [-0.2, 0) is 21.2 Å². The first-order valence-corrected chi connectivity index (χ1v) is 9.66. The van der Waals surface area contributed by atoms with Crippen LogP contribution < -0.4 is 0 Å². The second kappa shape index (κ2) is 7.11. The number of pyridine rings is 1. The lowest BCUT2D eigenvalue weighted by Crippen LogP contribution is -2.35. The first-order chi connectivity index (χ1) is 11.9. The summed E-state index contributed by atoms with van der Waals surface area (Å²) in [6.07, 6.45) is 3.28. The first kappa shape index (κ1) is 17.8. The molecular weight excluding hydrogens is 364 g/mol. The maximum Gasteiger partial charge on any atom is 0.320 e. The molecule has 0 saturated carbocycles. The molecule has 6 nitrogen and oxygen atoms in total. The van der Waals surface area contributed by atoms with Gasteiger partial charge in [0.25, 0.3) is 0 Å². The summed E-state index contributed by atoms with van der Waals surface area (Å²) in [5.41, 5.74) is 0.886. The molecule has 2 atom stereocenters. The van der Waals surface area contributed by atoms with Crippen molar-refractivity contribution in [2.45, 2.75) is 29.2 Å². The number of aliphatic carboxylic acids is 1. The van der Waals surface area contributed by atoms with Crippen LogP contribution in [0.1, 0.15) is 12.0 Å². The van der Waals surface area contributed by atoms with E-state index in [-0.39, 0.29) is 22.9 Å². The van der Waals surface area contributed by atoms with Crippen LogP contribution in [-0.4, -0.2) is 47.2 Å². The Bertz CT molecular complexity index is 873. The molecule has 1 aromatic carbocycles. The van der Waals surface area contributed by atoms with E-state index >= 15 is 0 Å². The Balaban J connectivity index is 1.87. The Hall–Kier alpha value is -1.96. The van der Waals surface area contributed by atoms with Crippen molar-refractivity contribution in [3.8, 4) is 0 Å². The predicted molar refractivity (Wildman–Crippen MR) is 93.1 cm³/mol. The van der Waals surface area contributed by atoms with Gasteiger partial charge in [-0.25, -0.2) is 8.42 Å². The first-order valence-electron chi connectivity index (χ1n) is 7.74. The molecule has 3 rings (SSSR count). The highest BCUT2D eigenvalue weighted by atomic mass is 35.5. The molecule has 0 radical (unpaired) electrons. The van der Waals surface area contributed by atoms with Crippen LogP contribution in [0.15, 0.2) is 53.7 Å². The van der Waals surface area contributed by atoms with Gasteiger partial charge in [-0.15, -0.1) is 0 Å². The van der Waals surface area contributed by atoms with Gasteiger partial charge >= 0.3 is 5.97 Å². The van der Waals surface area contributed by atoms with Gasteiger partial charge in [-0.1, -0.05) is 23.7 Å². The van der Waals surface area contributed by atoms with Gasteiger partial charge in [0.05, 0.1) is 15.2 Å². The average Bonchev–Trinajstić information content (AvgIpc) is 3.01. The molecule has 2 aromatic rings. The molecule has 1 saturated heterocycles. The second-order valence-electron chi connectivity index (χ2n) is 5.97. The normalized spacial score (nSPS) is 21.3. The third-order valence-electron chi connectivity index (χ3n) is 4.37. The Labute approximate surface area is 151 Å². The van der Waals surface area contributed by atoms with Crippen LogP contribution in [0.3, 0.4) is 0 Å². The van der Waals surface area contributed by atoms with Gasteiger partial charge in [0, 0.05) is 25.5 Å². The summed E-state index contributed by atoms with van der Waals surface area (Å²) in [7, 11) is -3.71. The molecule has 8 heteroatoms. The lowest BCUT2D eigenvalue weighted by molar-refractivity contribution is -0.142. The molecule has 132 valence electrons. The van der Waals surface area contributed by atoms with E-state index in [1.54, 1.807) is 41.6 Å². The average molecular weight is 381 g/mol. The van der Waals surface area contributed by atoms with Crippen molar-refractivity contribution in [3.63, 3.8) is 0 Å². The zero-order chi connectivity index (χ0) is 18.0. The standard InChI is InChI=1S/C17H17ClN2O4S/c18-14-3-1-2-4-16(14)25(23,24)13-9-15(17(21)22)20(11-13)10-12-5-7-19-8-6-12/h1-8,13,15H,9-11H2,(H,21,22)/t13-,15+/m1/s1. The summed E-state index contributed by atoms with van der Waals surface area (Å²) in [6.45, 7) is 0.501. The minimum absolute atomic E-state index is 0.0357. The number of benzene rings is 1. The largest absolute Gasteiger partial charge is 0.480 e. The van der Waals surface area contributed by atoms with E-state index in [9.17, 15) is 18.3 Å². The van der Waals surface area contributed by atoms with E-state index in [0.29, 0.717) is 6.54 Å². The number of hydrogen-bond acceptors (Lipinski definition) is 5. The minimum Gasteiger partial charge on any atom is -0.480 e. The van der Waals surface area contributed by atoms with Crippen molar-refractivity contribution in [2.24, 2.45) is 0 Å². The van der Waals surface area contributed by atoms with Crippen molar-refractivity contribution in [1.29, 1.82) is 0 Å². The molecule has 1 aliphatic rings. The molecule has 1 aromatic heterocycles. The summed E-state index contributed by atoms with van der Waals surface area (Å²) in [6, 6.07) is 8.97. The van der Waals surface area contributed by atoms with Gasteiger partial charge in [0.1, 0.15) is 6.04 Å². The lowest BCUT2D eigenvalue weighted by atomic mass is 10.2. The van der Waals surface area contributed by atoms with Gasteiger partial charge in [-0.3, -0.25) is 14.7 Å². The van der Waals surface area contributed by atoms with E-state index < -0.39 is 27.1 Å². The molecular formula is C17H17ClN2O4S. The number of nitrogens with zero attached hydrogens (tertiary/aromatic N) is 2. The maximum atomic E-state index is 12.9. The fraction of sp³-hybridized carbons (Fsp3) is 0.294. The summed E-state index contributed by atoms with van der Waals surface area (Å²) in [5.74, 6) is -1.02. The van der Waals surface area contributed by atoms with Crippen LogP contribution in [0.4, 0.5) is 0 Å². The Kier molecular flexibility index (Phi) is 5.08. The Morgan fingerprint density at radius 3 is 2.56 bits per heavy atom. The van der Waals surface area contributed by atoms with E-state index in [2.05, 4.69) is 4.98 Å². The molecule has 2 heterocycles. The zero-order valence-electron chi connectivity index (χ0n) is 13.2. The number of likely N-dealkylation sites (tertiary alicyclic amines) is 1. The minimum atomic E-state index is -3.71. The molecule has 0 aliphatic carbocycles. The quantitative estimate of drug-likeness (QED) is 0.855. The Morgan fingerprint density at radius 2 is 1.92 bits per heavy atom. The number of carboxylic acid groups (broad SMARTS) is 1. The molecule has 0 spiro atoms. The van der Waals surface area contributed by atoms with Crippen molar-refractivity contribution in [1.82, 2.24) is 9.88 Å². The molecule has 1 N–H and O–H groups in total. The summed E-state index contributed by atoms with van der Waals surface area (Å²) < 4.78 is 25.8. The van der Waals surface area contributed by atoms with Gasteiger partial charge in [0.15, 0.2) is 9.84 Å². The number of carboxylic acids is 1. The maximum absolute atomic E-state index is 12.9. The topological polar surface area (TPSA) is 87.6 Å². The summed E-state index contributed by atoms with van der Waals surface area (Å²) >= 11 is 6.04. The van der Waals surface area contributed by atoms with Gasteiger partial charge in [0.2, 0.25) is 0 Å². The van der Waals surface area contributed by atoms with E-state index in [1.165, 1.54) is 12.1 Å². The van der Waals surface area contributed by atoms with Crippen molar-refractivity contribution in [3.05, 3.63) is 59.4 Å². The van der Waals surface area contributed by atoms with E-state index in [0.717, 1.165) is 5.56 Å². The lowest BCUT2D eigenvalue weighted by Gasteiger charge is -2.20. The number of aromatic nitrogens is 1. The van der Waals surface area contributed by atoms with Crippen LogP contribution >= 0.6 is 11.6 Å². The Morgan fingerprint density at radius 1 is 1.24 bits per heavy atom. The van der Waals surface area contributed by atoms with Gasteiger partial charge in [-0.05, 0) is 36.2 Å². The monoisotopic (exact) mass is 380 g/mol. The van der Waals surface area contributed by atoms with Crippen molar-refractivity contribution >= 4 is 27.4 Å². The summed E-state index contributed by atoms with van der Waals surface area (Å²) in [5, 5.41) is 8.84. The van der Waals surface area contributed by atoms with Crippen LogP contribution in [0.2, 0.25) is 5.02 Å². The van der Waals surface area contributed by atoms with E-state index in [4.69, 9.17) is 11.6 Å². The highest BCUT2D eigenvalue weighted by Crippen LogP contribution is 2.32. The van der Waals surface area contributed by atoms with Crippen molar-refractivity contribution < 1.29 is 18.3 Å². The predicted octanol–water partition coefficient (Wildman–Crippen LogP) is 2.24. The number of hydrogen-bond donors (Lipinski definition) is 1. The molecule has 0 unspecified atom stereocenters. The molecule has 1 aliphatic heterocycles. The number of sulfone groups is 1. The molecule has 1 fully saturated rings. The summed E-state index contributed by atoms with van der Waals surface area (Å²) in [4.78, 5) is 17.3. The van der Waals surface area contributed by atoms with Crippen LogP contribution in [0, 0.1) is 0 Å². The SMILES string of the molecule is O=C(O)[C@@H]1C[C@@H](S(=O)(=O)c2ccccc2Cl)CN1Cc1ccncc1. The molecule has 0 bridgehead atoms. The fourth-order valence-electron chi connectivity index (χ4n) is 3.10. The number of carbonyl (C=O) groups is 1. The highest BCUT2D eigenvalue weighted by molar-refractivity contribution is 7.92. The number of rotatable bonds is 5. The third-order valence-corrected chi connectivity index (χ3v) is 7.00. The van der Waals surface area contributed by atoms with Crippen LogP contribution in [0.5, 0.6) is 0 Å². The highest BCUT2D eigenvalue weighted by Gasteiger charge is 2.43. The smallest absolute Gasteiger partial charge is 0.320 e. The van der Waals surface area contributed by atoms with Crippen molar-refractivity contribution in [2.75, 3.05) is 6.54 Å². The molecule has 25 heavy (non-hydrogen) atoms. The fourth-order valence-corrected chi connectivity index (χ4v) is 5.34. The number of halogens is 1. The van der Waals surface area contributed by atoms with Crippen LogP contribution in [0.25, 0.3) is 0 Å². The van der Waals surface area contributed by atoms with E-state index in [1.807, 2.05) is 0 Å². The molecule has 0 amide bonds. The zero-order valence-corrected chi connectivity index (χ0v) is 14.8. The third kappa shape index (κ3) is 3.68.